The Bertz CT molecular complexity index is 535. The SMILES string of the molecule is Cn1cnc2c(C(CN)C(=O)O)ccnc21. The van der Waals surface area contributed by atoms with E-state index in [1.165, 1.54) is 0 Å². The number of aliphatic carboxylic acids is 1. The molecular weight excluding hydrogens is 208 g/mol. The fraction of sp³-hybridized carbons (Fsp3) is 0.300. The summed E-state index contributed by atoms with van der Waals surface area (Å²) in [6.45, 7) is 0.0466. The lowest BCUT2D eigenvalue weighted by Gasteiger charge is -2.09. The van der Waals surface area contributed by atoms with Crippen molar-refractivity contribution in [3.63, 3.8) is 0 Å². The molecule has 0 saturated carbocycles. The average Bonchev–Trinajstić information content (AvgIpc) is 2.62. The third-order valence-electron chi connectivity index (χ3n) is 2.54. The van der Waals surface area contributed by atoms with Gasteiger partial charge in [-0.25, -0.2) is 9.97 Å². The van der Waals surface area contributed by atoms with Crippen molar-refractivity contribution in [2.45, 2.75) is 5.92 Å². The second kappa shape index (κ2) is 3.90. The van der Waals surface area contributed by atoms with Gasteiger partial charge in [-0.3, -0.25) is 4.79 Å². The molecule has 2 rings (SSSR count). The van der Waals surface area contributed by atoms with Crippen molar-refractivity contribution < 1.29 is 9.90 Å². The van der Waals surface area contributed by atoms with Gasteiger partial charge in [0.25, 0.3) is 0 Å². The minimum atomic E-state index is -0.944. The third-order valence-corrected chi connectivity index (χ3v) is 2.54. The van der Waals surface area contributed by atoms with Gasteiger partial charge in [0.1, 0.15) is 5.52 Å². The number of fused-ring (bicyclic) bond motifs is 1. The van der Waals surface area contributed by atoms with Crippen LogP contribution in [0.5, 0.6) is 0 Å². The molecule has 0 aromatic carbocycles. The number of carbonyl (C=O) groups is 1. The monoisotopic (exact) mass is 220 g/mol. The van der Waals surface area contributed by atoms with Crippen molar-refractivity contribution in [2.24, 2.45) is 12.8 Å². The molecule has 0 aliphatic carbocycles. The molecule has 2 heterocycles. The van der Waals surface area contributed by atoms with E-state index >= 15 is 0 Å². The van der Waals surface area contributed by atoms with Crippen molar-refractivity contribution in [3.8, 4) is 0 Å². The molecule has 1 unspecified atom stereocenters. The average molecular weight is 220 g/mol. The second-order valence-electron chi connectivity index (χ2n) is 3.55. The summed E-state index contributed by atoms with van der Waals surface area (Å²) in [7, 11) is 1.81. The summed E-state index contributed by atoms with van der Waals surface area (Å²) in [5.41, 5.74) is 7.34. The first-order chi connectivity index (χ1) is 7.65. The predicted molar refractivity (Wildman–Crippen MR) is 57.9 cm³/mol. The number of hydrogen-bond donors (Lipinski definition) is 2. The fourth-order valence-corrected chi connectivity index (χ4v) is 1.69. The van der Waals surface area contributed by atoms with Crippen LogP contribution in [0.1, 0.15) is 11.5 Å². The van der Waals surface area contributed by atoms with Crippen LogP contribution in [0, 0.1) is 0 Å². The zero-order valence-electron chi connectivity index (χ0n) is 8.79. The number of nitrogens with two attached hydrogens (primary N) is 1. The van der Waals surface area contributed by atoms with Gasteiger partial charge < -0.3 is 15.4 Å². The van der Waals surface area contributed by atoms with Crippen LogP contribution in [0.3, 0.4) is 0 Å². The zero-order chi connectivity index (χ0) is 11.7. The van der Waals surface area contributed by atoms with Crippen LogP contribution in [-0.2, 0) is 11.8 Å². The van der Waals surface area contributed by atoms with Gasteiger partial charge in [-0.2, -0.15) is 0 Å². The molecule has 0 fully saturated rings. The van der Waals surface area contributed by atoms with Gasteiger partial charge in [0.2, 0.25) is 0 Å². The van der Waals surface area contributed by atoms with Gasteiger partial charge in [-0.15, -0.1) is 0 Å². The summed E-state index contributed by atoms with van der Waals surface area (Å²) >= 11 is 0. The van der Waals surface area contributed by atoms with E-state index in [0.717, 1.165) is 0 Å². The van der Waals surface area contributed by atoms with Gasteiger partial charge in [0.05, 0.1) is 12.2 Å². The normalized spacial score (nSPS) is 12.9. The number of imidazole rings is 1. The lowest BCUT2D eigenvalue weighted by atomic mass is 10.00. The van der Waals surface area contributed by atoms with E-state index < -0.39 is 11.9 Å². The van der Waals surface area contributed by atoms with Crippen LogP contribution in [0.25, 0.3) is 11.2 Å². The van der Waals surface area contributed by atoms with Gasteiger partial charge in [-0.05, 0) is 11.6 Å². The van der Waals surface area contributed by atoms with Crippen molar-refractivity contribution in [2.75, 3.05) is 6.54 Å². The summed E-state index contributed by atoms with van der Waals surface area (Å²) < 4.78 is 1.74. The molecular formula is C10H12N4O2. The van der Waals surface area contributed by atoms with Crippen LogP contribution >= 0.6 is 0 Å². The van der Waals surface area contributed by atoms with Crippen molar-refractivity contribution >= 4 is 17.1 Å². The Labute approximate surface area is 91.7 Å². The van der Waals surface area contributed by atoms with Gasteiger partial charge in [-0.1, -0.05) is 0 Å². The number of hydrogen-bond acceptors (Lipinski definition) is 4. The maximum absolute atomic E-state index is 11.0. The maximum Gasteiger partial charge on any atom is 0.312 e. The summed E-state index contributed by atoms with van der Waals surface area (Å²) in [4.78, 5) is 19.3. The molecule has 2 aromatic rings. The number of aryl methyl sites for hydroxylation is 1. The van der Waals surface area contributed by atoms with Crippen molar-refractivity contribution in [1.29, 1.82) is 0 Å². The van der Waals surface area contributed by atoms with Crippen LogP contribution in [0.2, 0.25) is 0 Å². The van der Waals surface area contributed by atoms with Gasteiger partial charge in [0, 0.05) is 19.8 Å². The van der Waals surface area contributed by atoms with Gasteiger partial charge in [0.15, 0.2) is 5.65 Å². The number of rotatable bonds is 3. The van der Waals surface area contributed by atoms with Crippen molar-refractivity contribution in [3.05, 3.63) is 24.2 Å². The third kappa shape index (κ3) is 1.53. The number of aromatic nitrogens is 3. The second-order valence-corrected chi connectivity index (χ2v) is 3.55. The largest absolute Gasteiger partial charge is 0.481 e. The molecule has 16 heavy (non-hydrogen) atoms. The Morgan fingerprint density at radius 3 is 3.00 bits per heavy atom. The summed E-state index contributed by atoms with van der Waals surface area (Å²) in [5, 5.41) is 9.06. The van der Waals surface area contributed by atoms with Crippen LogP contribution < -0.4 is 5.73 Å². The summed E-state index contributed by atoms with van der Waals surface area (Å²) in [5.74, 6) is -1.68. The molecule has 84 valence electrons. The highest BCUT2D eigenvalue weighted by atomic mass is 16.4. The van der Waals surface area contributed by atoms with E-state index in [0.29, 0.717) is 16.7 Å². The standard InChI is InChI=1S/C10H12N4O2/c1-14-5-13-8-6(2-3-12-9(8)14)7(4-11)10(15)16/h2-3,5,7H,4,11H2,1H3,(H,15,16). The summed E-state index contributed by atoms with van der Waals surface area (Å²) in [6, 6.07) is 1.65. The fourth-order valence-electron chi connectivity index (χ4n) is 1.69. The van der Waals surface area contributed by atoms with Crippen LogP contribution in [0.4, 0.5) is 0 Å². The number of nitrogens with zero attached hydrogens (tertiary/aromatic N) is 3. The minimum Gasteiger partial charge on any atom is -0.481 e. The Morgan fingerprint density at radius 2 is 2.38 bits per heavy atom. The molecule has 0 radical (unpaired) electrons. The van der Waals surface area contributed by atoms with Crippen LogP contribution in [-0.4, -0.2) is 32.2 Å². The van der Waals surface area contributed by atoms with E-state index in [2.05, 4.69) is 9.97 Å². The molecule has 1 atom stereocenters. The zero-order valence-corrected chi connectivity index (χ0v) is 8.79. The highest BCUT2D eigenvalue weighted by Crippen LogP contribution is 2.22. The molecule has 6 heteroatoms. The molecule has 3 N–H and O–H groups in total. The first-order valence-electron chi connectivity index (χ1n) is 4.84. The Morgan fingerprint density at radius 1 is 1.62 bits per heavy atom. The van der Waals surface area contributed by atoms with Gasteiger partial charge >= 0.3 is 5.97 Å². The maximum atomic E-state index is 11.0. The van der Waals surface area contributed by atoms with E-state index in [-0.39, 0.29) is 6.54 Å². The number of pyridine rings is 1. The number of carboxylic acid groups (broad SMARTS) is 1. The minimum absolute atomic E-state index is 0.0466. The molecule has 0 aliphatic rings. The smallest absolute Gasteiger partial charge is 0.312 e. The van der Waals surface area contributed by atoms with E-state index in [4.69, 9.17) is 10.8 Å². The lowest BCUT2D eigenvalue weighted by Crippen LogP contribution is -2.21. The van der Waals surface area contributed by atoms with E-state index in [9.17, 15) is 4.79 Å². The van der Waals surface area contributed by atoms with Crippen LogP contribution in [0.15, 0.2) is 18.6 Å². The lowest BCUT2D eigenvalue weighted by molar-refractivity contribution is -0.138. The molecule has 0 saturated heterocycles. The van der Waals surface area contributed by atoms with E-state index in [1.807, 2.05) is 7.05 Å². The molecule has 0 aliphatic heterocycles. The highest BCUT2D eigenvalue weighted by Gasteiger charge is 2.21. The Kier molecular flexibility index (Phi) is 2.57. The molecule has 0 bridgehead atoms. The first kappa shape index (κ1) is 10.6. The molecule has 0 spiro atoms. The predicted octanol–water partition coefficient (Wildman–Crippen LogP) is 0.0952. The Balaban J connectivity index is 2.63. The highest BCUT2D eigenvalue weighted by molar-refractivity contribution is 5.84. The Hall–Kier alpha value is -1.95. The first-order valence-corrected chi connectivity index (χ1v) is 4.84. The molecule has 0 amide bonds. The quantitative estimate of drug-likeness (QED) is 0.764. The summed E-state index contributed by atoms with van der Waals surface area (Å²) in [6.07, 6.45) is 3.18. The van der Waals surface area contributed by atoms with Crippen molar-refractivity contribution in [1.82, 2.24) is 14.5 Å². The molecule has 6 nitrogen and oxygen atoms in total. The number of carboxylic acids is 1. The molecule has 2 aromatic heterocycles. The topological polar surface area (TPSA) is 94.0 Å². The van der Waals surface area contributed by atoms with E-state index in [1.54, 1.807) is 23.2 Å².